The van der Waals surface area contributed by atoms with E-state index in [1.54, 1.807) is 0 Å². The summed E-state index contributed by atoms with van der Waals surface area (Å²) in [6.07, 6.45) is 3.67. The van der Waals surface area contributed by atoms with Gasteiger partial charge in [-0.05, 0) is 48.3 Å². The quantitative estimate of drug-likeness (QED) is 0.257. The molecule has 3 aromatic heterocycles. The highest BCUT2D eigenvalue weighted by atomic mass is 32.1. The van der Waals surface area contributed by atoms with Crippen molar-refractivity contribution in [3.8, 4) is 17.2 Å². The monoisotopic (exact) mass is 545 g/mol. The van der Waals surface area contributed by atoms with Gasteiger partial charge >= 0.3 is 5.97 Å². The highest BCUT2D eigenvalue weighted by molar-refractivity contribution is 7.21. The van der Waals surface area contributed by atoms with E-state index in [1.165, 1.54) is 18.4 Å². The van der Waals surface area contributed by atoms with E-state index in [4.69, 9.17) is 16.2 Å². The second-order valence-corrected chi connectivity index (χ2v) is 11.6. The Morgan fingerprint density at radius 1 is 1.13 bits per heavy atom. The van der Waals surface area contributed by atoms with Gasteiger partial charge in [0, 0.05) is 15.8 Å². The molecule has 38 heavy (non-hydrogen) atoms. The van der Waals surface area contributed by atoms with Crippen molar-refractivity contribution in [1.82, 2.24) is 4.98 Å². The molecule has 1 aliphatic rings. The van der Waals surface area contributed by atoms with E-state index in [1.807, 2.05) is 24.3 Å². The third-order valence-corrected chi connectivity index (χ3v) is 9.18. The lowest BCUT2D eigenvalue weighted by Crippen LogP contribution is -2.15. The molecule has 3 heterocycles. The van der Waals surface area contributed by atoms with Crippen molar-refractivity contribution >= 4 is 61.3 Å². The van der Waals surface area contributed by atoms with Crippen LogP contribution in [0.2, 0.25) is 0 Å². The number of carbonyl (C=O) groups excluding carboxylic acids is 2. The van der Waals surface area contributed by atoms with E-state index in [-0.39, 0.29) is 21.9 Å². The van der Waals surface area contributed by atoms with E-state index in [2.05, 4.69) is 30.2 Å². The maximum absolute atomic E-state index is 13.5. The lowest BCUT2D eigenvalue weighted by atomic mass is 9.94. The molecule has 0 spiro atoms. The number of ether oxygens (including phenoxy) is 1. The van der Waals surface area contributed by atoms with E-state index < -0.39 is 11.9 Å². The fourth-order valence-electron chi connectivity index (χ4n) is 4.91. The lowest BCUT2D eigenvalue weighted by Gasteiger charge is -2.12. The summed E-state index contributed by atoms with van der Waals surface area (Å²) in [5.41, 5.74) is 17.0. The number of hydrogen-bond donors (Lipinski definition) is 3. The standard InChI is InChI=1S/C28H27N5O3S2/c1-13(2)14-8-10-15(11-9-14)19-17(12-29)24(31)32-27-21(19)22(30)23(38-27)25(34)33-26-20(28(35)36-3)16-6-4-5-7-18(16)37-26/h8-11,13H,4-7,30H2,1-3H3,(H2,31,32)(H,33,34). The van der Waals surface area contributed by atoms with Crippen molar-refractivity contribution in [2.24, 2.45) is 0 Å². The molecule has 8 nitrogen and oxygen atoms in total. The largest absolute Gasteiger partial charge is 0.465 e. The Hall–Kier alpha value is -3.94. The average Bonchev–Trinajstić information content (AvgIpc) is 3.44. The van der Waals surface area contributed by atoms with E-state index in [0.717, 1.165) is 58.6 Å². The average molecular weight is 546 g/mol. The Morgan fingerprint density at radius 3 is 2.50 bits per heavy atom. The molecule has 0 atom stereocenters. The van der Waals surface area contributed by atoms with Gasteiger partial charge in [-0.1, -0.05) is 38.1 Å². The number of aryl methyl sites for hydroxylation is 1. The molecule has 0 saturated heterocycles. The minimum atomic E-state index is -0.468. The molecule has 10 heteroatoms. The van der Waals surface area contributed by atoms with Gasteiger partial charge in [-0.2, -0.15) is 5.26 Å². The summed E-state index contributed by atoms with van der Waals surface area (Å²) >= 11 is 2.51. The van der Waals surface area contributed by atoms with Gasteiger partial charge in [0.15, 0.2) is 0 Å². The number of anilines is 3. The molecule has 5 N–H and O–H groups in total. The number of amides is 1. The van der Waals surface area contributed by atoms with Gasteiger partial charge in [0.25, 0.3) is 5.91 Å². The van der Waals surface area contributed by atoms with Gasteiger partial charge in [0.1, 0.15) is 32.2 Å². The third-order valence-electron chi connectivity index (χ3n) is 6.88. The maximum Gasteiger partial charge on any atom is 0.341 e. The zero-order valence-corrected chi connectivity index (χ0v) is 22.9. The second kappa shape index (κ2) is 10.1. The number of carbonyl (C=O) groups is 2. The van der Waals surface area contributed by atoms with Crippen LogP contribution in [0, 0.1) is 11.3 Å². The zero-order valence-electron chi connectivity index (χ0n) is 21.3. The third kappa shape index (κ3) is 4.27. The molecule has 1 amide bonds. The van der Waals surface area contributed by atoms with Crippen molar-refractivity contribution in [3.05, 3.63) is 56.3 Å². The van der Waals surface area contributed by atoms with Crippen molar-refractivity contribution in [1.29, 1.82) is 5.26 Å². The Balaban J connectivity index is 1.61. The molecule has 1 aliphatic carbocycles. The molecule has 0 bridgehead atoms. The number of fused-ring (bicyclic) bond motifs is 2. The number of pyridine rings is 1. The number of aromatic nitrogens is 1. The van der Waals surface area contributed by atoms with Crippen molar-refractivity contribution in [2.45, 2.75) is 45.4 Å². The van der Waals surface area contributed by atoms with Crippen LogP contribution in [-0.2, 0) is 17.6 Å². The van der Waals surface area contributed by atoms with Crippen LogP contribution in [0.1, 0.15) is 74.2 Å². The normalized spacial score (nSPS) is 12.8. The molecule has 4 aromatic rings. The topological polar surface area (TPSA) is 144 Å². The number of thiophene rings is 2. The first-order chi connectivity index (χ1) is 18.2. The minimum absolute atomic E-state index is 0.0788. The summed E-state index contributed by atoms with van der Waals surface area (Å²) in [6.45, 7) is 4.21. The molecule has 0 aliphatic heterocycles. The zero-order chi connectivity index (χ0) is 27.1. The van der Waals surface area contributed by atoms with Crippen LogP contribution in [0.5, 0.6) is 0 Å². The number of methoxy groups -OCH3 is 1. The summed E-state index contributed by atoms with van der Waals surface area (Å²) in [5, 5.41) is 13.8. The van der Waals surface area contributed by atoms with Gasteiger partial charge < -0.3 is 21.5 Å². The lowest BCUT2D eigenvalue weighted by molar-refractivity contribution is 0.0601. The first-order valence-electron chi connectivity index (χ1n) is 12.3. The number of rotatable bonds is 5. The molecule has 0 fully saturated rings. The van der Waals surface area contributed by atoms with Gasteiger partial charge in [-0.15, -0.1) is 22.7 Å². The van der Waals surface area contributed by atoms with Crippen LogP contribution in [0.3, 0.4) is 0 Å². The number of benzene rings is 1. The summed E-state index contributed by atoms with van der Waals surface area (Å²) in [5.74, 6) is -0.493. The van der Waals surface area contributed by atoms with Gasteiger partial charge in [-0.3, -0.25) is 4.79 Å². The Kier molecular flexibility index (Phi) is 6.82. The van der Waals surface area contributed by atoms with Crippen molar-refractivity contribution < 1.29 is 14.3 Å². The second-order valence-electron chi connectivity index (χ2n) is 9.52. The predicted octanol–water partition coefficient (Wildman–Crippen LogP) is 6.10. The fourth-order valence-corrected chi connectivity index (χ4v) is 7.19. The van der Waals surface area contributed by atoms with Crippen LogP contribution >= 0.6 is 22.7 Å². The summed E-state index contributed by atoms with van der Waals surface area (Å²) in [4.78, 5) is 32.4. The van der Waals surface area contributed by atoms with Gasteiger partial charge in [0.2, 0.25) is 0 Å². The number of nitrogens with zero attached hydrogens (tertiary/aromatic N) is 2. The molecule has 1 aromatic carbocycles. The number of hydrogen-bond acceptors (Lipinski definition) is 9. The number of nitrogens with one attached hydrogen (secondary N) is 1. The number of nitrogens with two attached hydrogens (primary N) is 2. The fraction of sp³-hybridized carbons (Fsp3) is 0.286. The van der Waals surface area contributed by atoms with E-state index >= 15 is 0 Å². The smallest absolute Gasteiger partial charge is 0.341 e. The van der Waals surface area contributed by atoms with Gasteiger partial charge in [-0.25, -0.2) is 9.78 Å². The Bertz CT molecular complexity index is 1630. The SMILES string of the molecule is COC(=O)c1c(NC(=O)c2sc3nc(N)c(C#N)c(-c4ccc(C(C)C)cc4)c3c2N)sc2c1CCCC2. The summed E-state index contributed by atoms with van der Waals surface area (Å²) in [6, 6.07) is 10.0. The van der Waals surface area contributed by atoms with Crippen LogP contribution in [0.4, 0.5) is 16.5 Å². The molecule has 194 valence electrons. The first-order valence-corrected chi connectivity index (χ1v) is 13.9. The van der Waals surface area contributed by atoms with Crippen LogP contribution in [-0.4, -0.2) is 24.0 Å². The van der Waals surface area contributed by atoms with Crippen LogP contribution < -0.4 is 16.8 Å². The maximum atomic E-state index is 13.5. The molecule has 0 radical (unpaired) electrons. The first kappa shape index (κ1) is 25.7. The van der Waals surface area contributed by atoms with Crippen molar-refractivity contribution in [3.63, 3.8) is 0 Å². The van der Waals surface area contributed by atoms with Crippen LogP contribution in [0.25, 0.3) is 21.3 Å². The Morgan fingerprint density at radius 2 is 1.84 bits per heavy atom. The summed E-state index contributed by atoms with van der Waals surface area (Å²) < 4.78 is 5.03. The minimum Gasteiger partial charge on any atom is -0.465 e. The molecule has 0 saturated carbocycles. The number of esters is 1. The molecular formula is C28H27N5O3S2. The summed E-state index contributed by atoms with van der Waals surface area (Å²) in [7, 11) is 1.34. The van der Waals surface area contributed by atoms with Gasteiger partial charge in [0.05, 0.1) is 18.4 Å². The van der Waals surface area contributed by atoms with E-state index in [0.29, 0.717) is 32.3 Å². The predicted molar refractivity (Wildman–Crippen MR) is 153 cm³/mol. The molecular weight excluding hydrogens is 518 g/mol. The van der Waals surface area contributed by atoms with Crippen molar-refractivity contribution in [2.75, 3.05) is 23.9 Å². The van der Waals surface area contributed by atoms with E-state index in [9.17, 15) is 14.9 Å². The highest BCUT2D eigenvalue weighted by Crippen LogP contribution is 2.44. The Labute approximate surface area is 228 Å². The highest BCUT2D eigenvalue weighted by Gasteiger charge is 2.29. The number of nitrogen functional groups attached to an aromatic ring is 2. The number of nitriles is 1. The molecule has 5 rings (SSSR count). The molecule has 0 unspecified atom stereocenters. The van der Waals surface area contributed by atoms with Crippen LogP contribution in [0.15, 0.2) is 24.3 Å².